The van der Waals surface area contributed by atoms with Gasteiger partial charge in [-0.2, -0.15) is 0 Å². The van der Waals surface area contributed by atoms with Crippen molar-refractivity contribution in [2.75, 3.05) is 23.8 Å². The fourth-order valence-corrected chi connectivity index (χ4v) is 3.38. The van der Waals surface area contributed by atoms with Gasteiger partial charge in [-0.1, -0.05) is 41.4 Å². The summed E-state index contributed by atoms with van der Waals surface area (Å²) in [5.41, 5.74) is 7.65. The average Bonchev–Trinajstić information content (AvgIpc) is 2.86. The normalized spacial score (nSPS) is 11.2. The van der Waals surface area contributed by atoms with Crippen LogP contribution in [0.1, 0.15) is 12.0 Å². The number of nitrogens with one attached hydrogen (secondary N) is 3. The molecule has 0 fully saturated rings. The van der Waals surface area contributed by atoms with E-state index in [2.05, 4.69) is 25.8 Å². The van der Waals surface area contributed by atoms with Gasteiger partial charge in [0.1, 0.15) is 11.6 Å². The largest absolute Gasteiger partial charge is 0.491 e. The van der Waals surface area contributed by atoms with Crippen molar-refractivity contribution < 1.29 is 14.3 Å². The molecule has 1 aromatic heterocycles. The van der Waals surface area contributed by atoms with Crippen molar-refractivity contribution in [1.82, 2.24) is 10.3 Å². The van der Waals surface area contributed by atoms with E-state index in [9.17, 15) is 9.59 Å². The van der Waals surface area contributed by atoms with Gasteiger partial charge in [-0.05, 0) is 54.8 Å². The Kier molecular flexibility index (Phi) is 9.89. The number of rotatable bonds is 10. The number of hydrogen-bond acceptors (Lipinski definition) is 5. The maximum atomic E-state index is 12.4. The van der Waals surface area contributed by atoms with Gasteiger partial charge in [-0.25, -0.2) is 9.64 Å². The van der Waals surface area contributed by atoms with Gasteiger partial charge in [0.2, 0.25) is 11.6 Å². The van der Waals surface area contributed by atoms with Gasteiger partial charge in [0.15, 0.2) is 0 Å². The number of benzene rings is 2. The highest BCUT2D eigenvalue weighted by molar-refractivity contribution is 6.31. The molecule has 11 heteroatoms. The van der Waals surface area contributed by atoms with Crippen LogP contribution in [0.25, 0.3) is 4.85 Å². The Morgan fingerprint density at radius 2 is 1.81 bits per heavy atom. The standard InChI is InChI=1S/C25H24Cl2N6O3/c1-29-19-8-10-23(31-15-19)33-25(35)32-21-14-18(27)7-9-22(21)36-12-2-11-30-24(34)20(28)13-16-3-5-17(26)6-4-16/h3-10,14-15,20H,2,11-13,28H2,(H,30,34)(H2,31,32,33,35)/t20-/m0/s1. The molecule has 0 aliphatic heterocycles. The van der Waals surface area contributed by atoms with Crippen molar-refractivity contribution in [3.05, 3.63) is 87.8 Å². The predicted octanol–water partition coefficient (Wildman–Crippen LogP) is 5.04. The molecule has 5 N–H and O–H groups in total. The van der Waals surface area contributed by atoms with E-state index in [0.717, 1.165) is 5.56 Å². The number of halogens is 2. The molecule has 3 rings (SSSR count). The quantitative estimate of drug-likeness (QED) is 0.217. The van der Waals surface area contributed by atoms with Crippen molar-refractivity contribution in [1.29, 1.82) is 0 Å². The molecule has 0 aliphatic rings. The van der Waals surface area contributed by atoms with E-state index in [1.54, 1.807) is 36.4 Å². The summed E-state index contributed by atoms with van der Waals surface area (Å²) in [6.45, 7) is 7.60. The van der Waals surface area contributed by atoms with Crippen LogP contribution in [0.4, 0.5) is 22.0 Å². The second-order valence-corrected chi connectivity index (χ2v) is 8.54. The zero-order valence-electron chi connectivity index (χ0n) is 19.1. The van der Waals surface area contributed by atoms with Crippen molar-refractivity contribution in [2.45, 2.75) is 18.9 Å². The molecule has 3 amide bonds. The molecule has 0 aliphatic carbocycles. The number of hydrogen-bond donors (Lipinski definition) is 4. The van der Waals surface area contributed by atoms with E-state index in [0.29, 0.717) is 46.6 Å². The molecule has 0 saturated carbocycles. The first-order valence-electron chi connectivity index (χ1n) is 11.0. The van der Waals surface area contributed by atoms with Crippen LogP contribution in [0.3, 0.4) is 0 Å². The highest BCUT2D eigenvalue weighted by Crippen LogP contribution is 2.28. The Morgan fingerprint density at radius 1 is 1.06 bits per heavy atom. The molecule has 0 radical (unpaired) electrons. The molecule has 186 valence electrons. The van der Waals surface area contributed by atoms with Crippen LogP contribution in [-0.2, 0) is 11.2 Å². The Balaban J connectivity index is 1.44. The SMILES string of the molecule is [C-]#[N+]c1ccc(NC(=O)Nc2cc(Cl)ccc2OCCCNC(=O)[C@@H](N)Cc2ccc(Cl)cc2)nc1. The molecule has 0 unspecified atom stereocenters. The monoisotopic (exact) mass is 526 g/mol. The minimum atomic E-state index is -0.676. The number of ether oxygens (including phenoxy) is 1. The molecular weight excluding hydrogens is 503 g/mol. The van der Waals surface area contributed by atoms with Gasteiger partial charge in [0.05, 0.1) is 24.9 Å². The van der Waals surface area contributed by atoms with E-state index < -0.39 is 12.1 Å². The summed E-state index contributed by atoms with van der Waals surface area (Å²) in [4.78, 5) is 31.9. The van der Waals surface area contributed by atoms with Crippen molar-refractivity contribution in [3.8, 4) is 5.75 Å². The lowest BCUT2D eigenvalue weighted by Gasteiger charge is -2.15. The highest BCUT2D eigenvalue weighted by atomic mass is 35.5. The lowest BCUT2D eigenvalue weighted by Crippen LogP contribution is -2.42. The first kappa shape index (κ1) is 26.8. The van der Waals surface area contributed by atoms with Gasteiger partial charge < -0.3 is 21.1 Å². The van der Waals surface area contributed by atoms with Crippen molar-refractivity contribution >= 4 is 52.3 Å². The summed E-state index contributed by atoms with van der Waals surface area (Å²) in [6.07, 6.45) is 2.28. The van der Waals surface area contributed by atoms with Crippen LogP contribution < -0.4 is 26.4 Å². The van der Waals surface area contributed by atoms with Crippen molar-refractivity contribution in [3.63, 3.8) is 0 Å². The number of carbonyl (C=O) groups excluding carboxylic acids is 2. The molecule has 0 saturated heterocycles. The van der Waals surface area contributed by atoms with Crippen LogP contribution in [0.15, 0.2) is 60.8 Å². The van der Waals surface area contributed by atoms with Crippen LogP contribution >= 0.6 is 23.2 Å². The number of pyridine rings is 1. The number of carbonyl (C=O) groups is 2. The zero-order valence-corrected chi connectivity index (χ0v) is 20.6. The average molecular weight is 527 g/mol. The number of amides is 3. The fraction of sp³-hybridized carbons (Fsp3) is 0.200. The van der Waals surface area contributed by atoms with Crippen molar-refractivity contribution in [2.24, 2.45) is 5.73 Å². The summed E-state index contributed by atoms with van der Waals surface area (Å²) in [5.74, 6) is 0.444. The lowest BCUT2D eigenvalue weighted by molar-refractivity contribution is -0.122. The number of anilines is 2. The molecule has 9 nitrogen and oxygen atoms in total. The molecular formula is C25H24Cl2N6O3. The number of nitrogens with two attached hydrogens (primary N) is 1. The Bertz CT molecular complexity index is 1230. The second kappa shape index (κ2) is 13.3. The molecule has 0 bridgehead atoms. The Morgan fingerprint density at radius 3 is 2.50 bits per heavy atom. The third-order valence-corrected chi connectivity index (χ3v) is 5.38. The predicted molar refractivity (Wildman–Crippen MR) is 141 cm³/mol. The molecule has 0 spiro atoms. The van der Waals surface area contributed by atoms with Gasteiger partial charge in [-0.3, -0.25) is 15.1 Å². The van der Waals surface area contributed by atoms with Crippen LogP contribution in [0, 0.1) is 6.57 Å². The second-order valence-electron chi connectivity index (χ2n) is 7.66. The molecule has 3 aromatic rings. The van der Waals surface area contributed by atoms with Gasteiger partial charge >= 0.3 is 6.03 Å². The van der Waals surface area contributed by atoms with Gasteiger partial charge in [-0.15, -0.1) is 0 Å². The first-order valence-corrected chi connectivity index (χ1v) is 11.7. The third-order valence-electron chi connectivity index (χ3n) is 4.89. The number of nitrogens with zero attached hydrogens (tertiary/aromatic N) is 2. The topological polar surface area (TPSA) is 123 Å². The van der Waals surface area contributed by atoms with E-state index in [4.69, 9.17) is 40.2 Å². The summed E-state index contributed by atoms with van der Waals surface area (Å²) in [7, 11) is 0. The molecule has 2 aromatic carbocycles. The minimum Gasteiger partial charge on any atom is -0.491 e. The highest BCUT2D eigenvalue weighted by Gasteiger charge is 2.14. The summed E-state index contributed by atoms with van der Waals surface area (Å²) in [6, 6.07) is 13.9. The zero-order chi connectivity index (χ0) is 25.9. The maximum Gasteiger partial charge on any atom is 0.324 e. The van der Waals surface area contributed by atoms with Crippen LogP contribution in [-0.4, -0.2) is 36.1 Å². The summed E-state index contributed by atoms with van der Waals surface area (Å²) < 4.78 is 5.78. The summed E-state index contributed by atoms with van der Waals surface area (Å²) >= 11 is 11.9. The first-order chi connectivity index (χ1) is 17.3. The number of urea groups is 1. The van der Waals surface area contributed by atoms with Crippen LogP contribution in [0.5, 0.6) is 5.75 Å². The van der Waals surface area contributed by atoms with E-state index in [-0.39, 0.29) is 18.3 Å². The molecule has 36 heavy (non-hydrogen) atoms. The Hall–Kier alpha value is -3.84. The fourth-order valence-electron chi connectivity index (χ4n) is 3.09. The van der Waals surface area contributed by atoms with Crippen LogP contribution in [0.2, 0.25) is 10.0 Å². The Labute approximate surface area is 218 Å². The third kappa shape index (κ3) is 8.43. The maximum absolute atomic E-state index is 12.4. The molecule has 1 atom stereocenters. The van der Waals surface area contributed by atoms with E-state index >= 15 is 0 Å². The smallest absolute Gasteiger partial charge is 0.324 e. The van der Waals surface area contributed by atoms with Gasteiger partial charge in [0, 0.05) is 22.8 Å². The van der Waals surface area contributed by atoms with E-state index in [1.807, 2.05) is 12.1 Å². The van der Waals surface area contributed by atoms with E-state index in [1.165, 1.54) is 12.3 Å². The minimum absolute atomic E-state index is 0.256. The molecule has 1 heterocycles. The lowest BCUT2D eigenvalue weighted by atomic mass is 10.1. The van der Waals surface area contributed by atoms with Gasteiger partial charge in [0.25, 0.3) is 0 Å². The number of aromatic nitrogens is 1. The summed E-state index contributed by atoms with van der Waals surface area (Å²) in [5, 5.41) is 9.09.